The molecule has 8 nitrogen and oxygen atoms in total. The molecule has 196 valence electrons. The van der Waals surface area contributed by atoms with Gasteiger partial charge in [0.05, 0.1) is 11.9 Å². The summed E-state index contributed by atoms with van der Waals surface area (Å²) in [5.74, 6) is -0.319. The number of epoxide rings is 1. The van der Waals surface area contributed by atoms with E-state index < -0.39 is 22.9 Å². The molecule has 1 N–H and O–H groups in total. The van der Waals surface area contributed by atoms with Crippen LogP contribution in [0.15, 0.2) is 27.6 Å². The Morgan fingerprint density at radius 2 is 1.67 bits per heavy atom. The number of hydrogen-bond acceptors (Lipinski definition) is 8. The molecular weight excluding hydrogens is 464 g/mol. The van der Waals surface area contributed by atoms with Crippen LogP contribution < -0.4 is 5.63 Å². The minimum absolute atomic E-state index is 0.140. The van der Waals surface area contributed by atoms with Crippen molar-refractivity contribution in [1.82, 2.24) is 0 Å². The standard InChI is InChI=1S/C28H36O8/c1-15(29)34-18-7-10-25(3)19-8-11-26(4)22(17-5-6-21(31)33-14-17)23(35-16(2)30)24-28(26,36-24)20(19)9-12-27(25,32)13-18/h5-6,14,18-20,22-24,32H,7-13H2,1-4H3. The van der Waals surface area contributed by atoms with E-state index in [2.05, 4.69) is 13.8 Å². The molecule has 36 heavy (non-hydrogen) atoms. The monoisotopic (exact) mass is 500 g/mol. The van der Waals surface area contributed by atoms with Gasteiger partial charge < -0.3 is 23.7 Å². The van der Waals surface area contributed by atoms with Gasteiger partial charge in [0.15, 0.2) is 0 Å². The molecule has 8 heteroatoms. The number of hydrogen-bond donors (Lipinski definition) is 1. The highest BCUT2D eigenvalue weighted by Crippen LogP contribution is 2.78. The summed E-state index contributed by atoms with van der Waals surface area (Å²) in [6.45, 7) is 7.30. The van der Waals surface area contributed by atoms with Crippen LogP contribution in [0.25, 0.3) is 0 Å². The molecule has 1 spiro atoms. The molecule has 6 rings (SSSR count). The van der Waals surface area contributed by atoms with Gasteiger partial charge in [0.2, 0.25) is 0 Å². The van der Waals surface area contributed by atoms with Crippen LogP contribution >= 0.6 is 0 Å². The topological polar surface area (TPSA) is 116 Å². The largest absolute Gasteiger partial charge is 0.462 e. The first kappa shape index (κ1) is 24.2. The maximum absolute atomic E-state index is 12.2. The number of carbonyl (C=O) groups excluding carboxylic acids is 2. The second-order valence-corrected chi connectivity index (χ2v) is 12.4. The summed E-state index contributed by atoms with van der Waals surface area (Å²) in [6.07, 6.45) is 5.82. The number of aliphatic hydroxyl groups is 1. The van der Waals surface area contributed by atoms with E-state index in [1.807, 2.05) is 0 Å². The van der Waals surface area contributed by atoms with Crippen molar-refractivity contribution in [1.29, 1.82) is 0 Å². The molecule has 0 aromatic carbocycles. The first-order valence-electron chi connectivity index (χ1n) is 13.3. The number of carbonyl (C=O) groups is 2. The lowest BCUT2D eigenvalue weighted by molar-refractivity contribution is -0.228. The highest BCUT2D eigenvalue weighted by molar-refractivity contribution is 5.67. The summed E-state index contributed by atoms with van der Waals surface area (Å²) >= 11 is 0. The Kier molecular flexibility index (Phi) is 5.15. The highest BCUT2D eigenvalue weighted by atomic mass is 16.7. The van der Waals surface area contributed by atoms with Gasteiger partial charge in [0, 0.05) is 37.7 Å². The van der Waals surface area contributed by atoms with E-state index in [0.717, 1.165) is 37.7 Å². The van der Waals surface area contributed by atoms with E-state index in [9.17, 15) is 19.5 Å². The molecule has 1 aromatic rings. The smallest absolute Gasteiger partial charge is 0.335 e. The maximum Gasteiger partial charge on any atom is 0.335 e. The van der Waals surface area contributed by atoms with Crippen molar-refractivity contribution in [2.45, 2.75) is 108 Å². The summed E-state index contributed by atoms with van der Waals surface area (Å²) in [5, 5.41) is 12.0. The molecule has 0 radical (unpaired) electrons. The van der Waals surface area contributed by atoms with Gasteiger partial charge in [-0.2, -0.15) is 0 Å². The zero-order valence-corrected chi connectivity index (χ0v) is 21.5. The molecule has 0 amide bonds. The average molecular weight is 501 g/mol. The highest BCUT2D eigenvalue weighted by Gasteiger charge is 2.85. The summed E-state index contributed by atoms with van der Waals surface area (Å²) in [4.78, 5) is 35.4. The second-order valence-electron chi connectivity index (χ2n) is 12.4. The molecule has 1 aromatic heterocycles. The van der Waals surface area contributed by atoms with Crippen LogP contribution in [-0.4, -0.2) is 46.6 Å². The van der Waals surface area contributed by atoms with Crippen LogP contribution in [0.3, 0.4) is 0 Å². The summed E-state index contributed by atoms with van der Waals surface area (Å²) in [5.41, 5.74) is -1.51. The van der Waals surface area contributed by atoms with Gasteiger partial charge in [-0.3, -0.25) is 9.59 Å². The van der Waals surface area contributed by atoms with Gasteiger partial charge >= 0.3 is 17.6 Å². The first-order valence-corrected chi connectivity index (χ1v) is 13.3. The molecule has 4 saturated carbocycles. The molecule has 10 unspecified atom stereocenters. The molecular formula is C28H36O8. The molecule has 4 aliphatic carbocycles. The zero-order valence-electron chi connectivity index (χ0n) is 21.5. The molecule has 2 heterocycles. The van der Waals surface area contributed by atoms with Crippen molar-refractivity contribution in [3.05, 3.63) is 34.4 Å². The van der Waals surface area contributed by atoms with Gasteiger partial charge in [0.1, 0.15) is 23.9 Å². The normalized spacial score (nSPS) is 48.6. The van der Waals surface area contributed by atoms with Crippen molar-refractivity contribution in [2.75, 3.05) is 0 Å². The third-order valence-corrected chi connectivity index (χ3v) is 10.9. The van der Waals surface area contributed by atoms with Crippen molar-refractivity contribution in [3.8, 4) is 0 Å². The Morgan fingerprint density at radius 3 is 2.33 bits per heavy atom. The van der Waals surface area contributed by atoms with E-state index in [1.54, 1.807) is 6.07 Å². The minimum atomic E-state index is -0.891. The van der Waals surface area contributed by atoms with Crippen molar-refractivity contribution in [2.24, 2.45) is 22.7 Å². The zero-order chi connectivity index (χ0) is 25.7. The number of rotatable bonds is 3. The molecule has 5 fully saturated rings. The van der Waals surface area contributed by atoms with Crippen LogP contribution in [0, 0.1) is 22.7 Å². The van der Waals surface area contributed by atoms with Crippen LogP contribution in [-0.2, 0) is 23.8 Å². The lowest BCUT2D eigenvalue weighted by Crippen LogP contribution is -2.65. The summed E-state index contributed by atoms with van der Waals surface area (Å²) in [6, 6.07) is 3.22. The Hall–Kier alpha value is -2.19. The lowest BCUT2D eigenvalue weighted by atomic mass is 9.42. The van der Waals surface area contributed by atoms with Crippen molar-refractivity contribution >= 4 is 11.9 Å². The fourth-order valence-electron chi connectivity index (χ4n) is 9.41. The Morgan fingerprint density at radius 1 is 0.972 bits per heavy atom. The Bertz CT molecular complexity index is 1140. The van der Waals surface area contributed by atoms with Crippen molar-refractivity contribution in [3.63, 3.8) is 0 Å². The predicted molar refractivity (Wildman–Crippen MR) is 127 cm³/mol. The van der Waals surface area contributed by atoms with Crippen LogP contribution in [0.4, 0.5) is 0 Å². The quantitative estimate of drug-likeness (QED) is 0.495. The third-order valence-electron chi connectivity index (χ3n) is 10.9. The SMILES string of the molecule is CC(=O)OC1CCC2(C)C3CCC4(C)C(c5ccc(=O)oc5)C(OC(C)=O)C5OC54C3CCC2(O)C1. The molecule has 1 saturated heterocycles. The van der Waals surface area contributed by atoms with Gasteiger partial charge in [0.25, 0.3) is 0 Å². The van der Waals surface area contributed by atoms with Crippen LogP contribution in [0.2, 0.25) is 0 Å². The summed E-state index contributed by atoms with van der Waals surface area (Å²) in [7, 11) is 0. The minimum Gasteiger partial charge on any atom is -0.462 e. The molecule has 0 bridgehead atoms. The first-order chi connectivity index (χ1) is 16.9. The Balaban J connectivity index is 1.36. The van der Waals surface area contributed by atoms with E-state index in [0.29, 0.717) is 12.8 Å². The average Bonchev–Trinajstić information content (AvgIpc) is 3.50. The molecule has 10 atom stereocenters. The van der Waals surface area contributed by atoms with Crippen LogP contribution in [0.1, 0.15) is 84.1 Å². The van der Waals surface area contributed by atoms with Gasteiger partial charge in [-0.1, -0.05) is 13.8 Å². The number of esters is 2. The number of ether oxygens (including phenoxy) is 3. The van der Waals surface area contributed by atoms with Gasteiger partial charge in [-0.15, -0.1) is 0 Å². The number of fused-ring (bicyclic) bond motifs is 3. The van der Waals surface area contributed by atoms with Gasteiger partial charge in [-0.25, -0.2) is 4.79 Å². The third kappa shape index (κ3) is 3.03. The van der Waals surface area contributed by atoms with E-state index in [4.69, 9.17) is 18.6 Å². The second kappa shape index (κ2) is 7.67. The molecule has 1 aliphatic heterocycles. The van der Waals surface area contributed by atoms with E-state index >= 15 is 0 Å². The van der Waals surface area contributed by atoms with Gasteiger partial charge in [-0.05, 0) is 67.4 Å². The van der Waals surface area contributed by atoms with Crippen molar-refractivity contribution < 1.29 is 33.3 Å². The fraction of sp³-hybridized carbons (Fsp3) is 0.750. The predicted octanol–water partition coefficient (Wildman–Crippen LogP) is 3.49. The van der Waals surface area contributed by atoms with Crippen LogP contribution in [0.5, 0.6) is 0 Å². The maximum atomic E-state index is 12.2. The fourth-order valence-corrected chi connectivity index (χ4v) is 9.41. The van der Waals surface area contributed by atoms with E-state index in [1.165, 1.54) is 26.2 Å². The lowest BCUT2D eigenvalue weighted by Gasteiger charge is -2.64. The Labute approximate surface area is 210 Å². The molecule has 5 aliphatic rings. The summed E-state index contributed by atoms with van der Waals surface area (Å²) < 4.78 is 23.3. The van der Waals surface area contributed by atoms with E-state index in [-0.39, 0.29) is 52.7 Å².